The number of hydrogen-bond acceptors (Lipinski definition) is 4. The minimum atomic E-state index is -0.320. The van der Waals surface area contributed by atoms with Crippen molar-refractivity contribution in [2.45, 2.75) is 6.92 Å². The van der Waals surface area contributed by atoms with Crippen LogP contribution in [0, 0.1) is 0 Å². The van der Waals surface area contributed by atoms with E-state index in [0.29, 0.717) is 17.9 Å². The molecule has 0 saturated carbocycles. The molecule has 24 heavy (non-hydrogen) atoms. The number of anilines is 1. The summed E-state index contributed by atoms with van der Waals surface area (Å²) in [7, 11) is 0. The minimum absolute atomic E-state index is 0.0502. The maximum atomic E-state index is 12.8. The van der Waals surface area contributed by atoms with E-state index in [9.17, 15) is 9.59 Å². The fourth-order valence-electron chi connectivity index (χ4n) is 2.54. The van der Waals surface area contributed by atoms with E-state index in [2.05, 4.69) is 15.0 Å². The van der Waals surface area contributed by atoms with Crippen LogP contribution >= 0.6 is 0 Å². The van der Waals surface area contributed by atoms with E-state index >= 15 is 0 Å². The molecule has 6 nitrogen and oxygen atoms in total. The van der Waals surface area contributed by atoms with E-state index in [4.69, 9.17) is 0 Å². The summed E-state index contributed by atoms with van der Waals surface area (Å²) < 4.78 is 4.67. The van der Waals surface area contributed by atoms with Gasteiger partial charge in [0.15, 0.2) is 5.82 Å². The summed E-state index contributed by atoms with van der Waals surface area (Å²) in [5.41, 5.74) is 0.587. The fourth-order valence-corrected chi connectivity index (χ4v) is 2.54. The Balaban J connectivity index is 1.79. The van der Waals surface area contributed by atoms with Gasteiger partial charge in [-0.2, -0.15) is 0 Å². The molecule has 1 N–H and O–H groups in total. The highest BCUT2D eigenvalue weighted by atomic mass is 16.5. The molecule has 0 saturated heterocycles. The van der Waals surface area contributed by atoms with E-state index < -0.39 is 0 Å². The van der Waals surface area contributed by atoms with E-state index in [-0.39, 0.29) is 18.4 Å². The molecule has 2 aromatic carbocycles. The van der Waals surface area contributed by atoms with Crippen LogP contribution < -0.4 is 5.32 Å². The van der Waals surface area contributed by atoms with Gasteiger partial charge in [0, 0.05) is 18.2 Å². The van der Waals surface area contributed by atoms with Gasteiger partial charge < -0.3 is 14.7 Å². The van der Waals surface area contributed by atoms with Crippen molar-refractivity contribution in [2.75, 3.05) is 18.4 Å². The van der Waals surface area contributed by atoms with Crippen molar-refractivity contribution in [3.8, 4) is 0 Å². The first-order valence-corrected chi connectivity index (χ1v) is 7.66. The van der Waals surface area contributed by atoms with Crippen molar-refractivity contribution in [2.24, 2.45) is 0 Å². The number of hydrogen-bond donors (Lipinski definition) is 1. The quantitative estimate of drug-likeness (QED) is 0.783. The molecule has 0 radical (unpaired) electrons. The molecule has 0 aliphatic rings. The summed E-state index contributed by atoms with van der Waals surface area (Å²) in [4.78, 5) is 26.4. The summed E-state index contributed by atoms with van der Waals surface area (Å²) in [5.74, 6) is -0.169. The first-order valence-electron chi connectivity index (χ1n) is 7.66. The molecule has 1 aromatic heterocycles. The van der Waals surface area contributed by atoms with Crippen molar-refractivity contribution in [1.82, 2.24) is 10.1 Å². The third-order valence-electron chi connectivity index (χ3n) is 3.73. The molecule has 0 bridgehead atoms. The lowest BCUT2D eigenvalue weighted by Crippen LogP contribution is -2.38. The average Bonchev–Trinajstić information content (AvgIpc) is 3.11. The van der Waals surface area contributed by atoms with Gasteiger partial charge in [0.25, 0.3) is 5.91 Å². The molecular formula is C18H17N3O3. The number of rotatable bonds is 5. The molecule has 122 valence electrons. The van der Waals surface area contributed by atoms with E-state index in [1.807, 2.05) is 43.3 Å². The first-order chi connectivity index (χ1) is 11.7. The molecular weight excluding hydrogens is 306 g/mol. The molecule has 0 unspecified atom stereocenters. The second-order valence-corrected chi connectivity index (χ2v) is 5.28. The average molecular weight is 323 g/mol. The Morgan fingerprint density at radius 3 is 2.67 bits per heavy atom. The van der Waals surface area contributed by atoms with Gasteiger partial charge in [0.1, 0.15) is 12.8 Å². The van der Waals surface area contributed by atoms with E-state index in [1.165, 1.54) is 11.2 Å². The maximum Gasteiger partial charge on any atom is 0.254 e. The van der Waals surface area contributed by atoms with Gasteiger partial charge in [-0.1, -0.05) is 41.6 Å². The fraction of sp³-hybridized carbons (Fsp3) is 0.167. The molecule has 0 aliphatic carbocycles. The Bertz CT molecular complexity index is 854. The summed E-state index contributed by atoms with van der Waals surface area (Å²) in [6, 6.07) is 14.8. The molecule has 6 heteroatoms. The second kappa shape index (κ2) is 6.95. The second-order valence-electron chi connectivity index (χ2n) is 5.28. The number of carbonyl (C=O) groups excluding carboxylic acids is 2. The SMILES string of the molecule is CCN(CC(=O)Nc1ccon1)C(=O)c1cccc2ccccc12. The molecule has 0 aliphatic heterocycles. The Morgan fingerprint density at radius 2 is 1.92 bits per heavy atom. The zero-order valence-corrected chi connectivity index (χ0v) is 13.2. The third kappa shape index (κ3) is 3.27. The number of fused-ring (bicyclic) bond motifs is 1. The molecule has 0 spiro atoms. The van der Waals surface area contributed by atoms with Gasteiger partial charge in [-0.25, -0.2) is 0 Å². The lowest BCUT2D eigenvalue weighted by Gasteiger charge is -2.21. The molecule has 2 amide bonds. The van der Waals surface area contributed by atoms with Crippen molar-refractivity contribution in [3.63, 3.8) is 0 Å². The van der Waals surface area contributed by atoms with Crippen molar-refractivity contribution < 1.29 is 14.1 Å². The first kappa shape index (κ1) is 15.7. The number of aromatic nitrogens is 1. The van der Waals surface area contributed by atoms with Gasteiger partial charge >= 0.3 is 0 Å². The smallest absolute Gasteiger partial charge is 0.254 e. The van der Waals surface area contributed by atoms with Crippen LogP contribution in [0.25, 0.3) is 10.8 Å². The summed E-state index contributed by atoms with van der Waals surface area (Å²) >= 11 is 0. The Morgan fingerprint density at radius 1 is 1.12 bits per heavy atom. The highest BCUT2D eigenvalue weighted by Gasteiger charge is 2.19. The summed E-state index contributed by atoms with van der Waals surface area (Å²) in [6.07, 6.45) is 1.37. The number of nitrogens with one attached hydrogen (secondary N) is 1. The minimum Gasteiger partial charge on any atom is -0.363 e. The molecule has 0 fully saturated rings. The Hall–Kier alpha value is -3.15. The highest BCUT2D eigenvalue weighted by molar-refractivity contribution is 6.08. The van der Waals surface area contributed by atoms with Crippen LogP contribution in [-0.2, 0) is 4.79 Å². The number of carbonyl (C=O) groups is 2. The number of benzene rings is 2. The zero-order valence-electron chi connectivity index (χ0n) is 13.2. The van der Waals surface area contributed by atoms with Crippen LogP contribution in [0.15, 0.2) is 59.3 Å². The molecule has 3 aromatic rings. The predicted molar refractivity (Wildman–Crippen MR) is 90.7 cm³/mol. The highest BCUT2D eigenvalue weighted by Crippen LogP contribution is 2.20. The van der Waals surface area contributed by atoms with E-state index in [1.54, 1.807) is 12.1 Å². The lowest BCUT2D eigenvalue weighted by molar-refractivity contribution is -0.116. The molecule has 3 rings (SSSR count). The van der Waals surface area contributed by atoms with Crippen LogP contribution in [-0.4, -0.2) is 35.0 Å². The Kier molecular flexibility index (Phi) is 4.56. The van der Waals surface area contributed by atoms with Crippen molar-refractivity contribution >= 4 is 28.4 Å². The van der Waals surface area contributed by atoms with Crippen molar-refractivity contribution in [1.29, 1.82) is 0 Å². The van der Waals surface area contributed by atoms with Gasteiger partial charge in [0.05, 0.1) is 0 Å². The van der Waals surface area contributed by atoms with Crippen LogP contribution in [0.3, 0.4) is 0 Å². The van der Waals surface area contributed by atoms with Gasteiger partial charge in [-0.15, -0.1) is 0 Å². The topological polar surface area (TPSA) is 75.4 Å². The van der Waals surface area contributed by atoms with Gasteiger partial charge in [-0.05, 0) is 23.8 Å². The molecule has 1 heterocycles. The maximum absolute atomic E-state index is 12.8. The number of nitrogens with zero attached hydrogens (tertiary/aromatic N) is 2. The molecule has 0 atom stereocenters. The largest absolute Gasteiger partial charge is 0.363 e. The Labute approximate surface area is 139 Å². The zero-order chi connectivity index (χ0) is 16.9. The monoisotopic (exact) mass is 323 g/mol. The predicted octanol–water partition coefficient (Wildman–Crippen LogP) is 2.93. The van der Waals surface area contributed by atoms with E-state index in [0.717, 1.165) is 10.8 Å². The standard InChI is InChI=1S/C18H17N3O3/c1-2-21(12-17(22)19-16-10-11-24-20-16)18(23)15-9-5-7-13-6-3-4-8-14(13)15/h3-11H,2,12H2,1H3,(H,19,20,22). The van der Waals surface area contributed by atoms with Gasteiger partial charge in [0.2, 0.25) is 5.91 Å². The number of amides is 2. The summed E-state index contributed by atoms with van der Waals surface area (Å²) in [5, 5.41) is 8.08. The normalized spacial score (nSPS) is 10.5. The number of likely N-dealkylation sites (N-methyl/N-ethyl adjacent to an activating group) is 1. The van der Waals surface area contributed by atoms with Crippen molar-refractivity contribution in [3.05, 3.63) is 60.4 Å². The van der Waals surface area contributed by atoms with Crippen LogP contribution in [0.5, 0.6) is 0 Å². The van der Waals surface area contributed by atoms with Crippen LogP contribution in [0.4, 0.5) is 5.82 Å². The van der Waals surface area contributed by atoms with Crippen LogP contribution in [0.2, 0.25) is 0 Å². The van der Waals surface area contributed by atoms with Gasteiger partial charge in [-0.3, -0.25) is 9.59 Å². The van der Waals surface area contributed by atoms with Crippen LogP contribution in [0.1, 0.15) is 17.3 Å². The third-order valence-corrected chi connectivity index (χ3v) is 3.73. The summed E-state index contributed by atoms with van der Waals surface area (Å²) in [6.45, 7) is 2.21. The lowest BCUT2D eigenvalue weighted by atomic mass is 10.0.